The van der Waals surface area contributed by atoms with Gasteiger partial charge in [-0.25, -0.2) is 9.15 Å². The number of nitrogens with zero attached hydrogens (tertiary/aromatic N) is 4. The molecule has 2 aliphatic heterocycles. The Balaban J connectivity index is -0.000000449. The largest absolute Gasteiger partial charge is 0.530 e. The minimum absolute atomic E-state index is 0. The normalized spacial score (nSPS) is 13.4. The Kier molecular flexibility index (Phi) is 22.6. The van der Waals surface area contributed by atoms with Crippen molar-refractivity contribution >= 4 is 70.1 Å². The number of Topliss-reactive ketones (excluding diaryl/α,β-unsaturated/α-hetero) is 2. The minimum atomic E-state index is -1.17. The zero-order valence-corrected chi connectivity index (χ0v) is 23.6. The molecule has 0 saturated carbocycles. The maximum atomic E-state index is 10.5. The Bertz CT molecular complexity index is 717. The van der Waals surface area contributed by atoms with Crippen LogP contribution in [0.25, 0.3) is 0 Å². The molecule has 12 heteroatoms. The van der Waals surface area contributed by atoms with Crippen LogP contribution in [0.5, 0.6) is 0 Å². The van der Waals surface area contributed by atoms with E-state index in [0.717, 1.165) is 35.5 Å². The number of carbonyl (C=O) groups is 4. The molecule has 0 radical (unpaired) electrons. The first-order chi connectivity index (χ1) is 15.0. The second-order valence-electron chi connectivity index (χ2n) is 7.49. The van der Waals surface area contributed by atoms with Crippen molar-refractivity contribution in [3.63, 3.8) is 0 Å². The van der Waals surface area contributed by atoms with Gasteiger partial charge in [0.1, 0.15) is 26.3 Å². The summed E-state index contributed by atoms with van der Waals surface area (Å²) >= 11 is 0. The van der Waals surface area contributed by atoms with Crippen molar-refractivity contribution in [3.8, 4) is 0 Å². The fourth-order valence-corrected chi connectivity index (χ4v) is 2.55. The number of hydrogen-bond acceptors (Lipinski definition) is 6. The van der Waals surface area contributed by atoms with Crippen molar-refractivity contribution in [2.24, 2.45) is 0 Å². The van der Waals surface area contributed by atoms with Crippen LogP contribution in [0.3, 0.4) is 0 Å². The van der Waals surface area contributed by atoms with Crippen LogP contribution in [0.15, 0.2) is 24.6 Å². The van der Waals surface area contributed by atoms with Gasteiger partial charge in [-0.15, -0.1) is 34.0 Å². The molecular formula is C22H36Br2N4O6. The summed E-state index contributed by atoms with van der Waals surface area (Å²) in [6, 6.07) is 0. The number of carbonyl (C=O) groups excluding carboxylic acids is 4. The summed E-state index contributed by atoms with van der Waals surface area (Å²) in [7, 11) is 6.62. The molecule has 2 amide bonds. The molecule has 0 atom stereocenters. The second kappa shape index (κ2) is 21.2. The molecule has 0 spiro atoms. The zero-order valence-electron chi connectivity index (χ0n) is 20.2. The number of hydrogen-bond donors (Lipinski definition) is 0. The van der Waals surface area contributed by atoms with Crippen LogP contribution in [-0.4, -0.2) is 96.4 Å². The molecule has 194 valence electrons. The summed E-state index contributed by atoms with van der Waals surface area (Å²) in [6.45, 7) is 0.914. The first-order valence-electron chi connectivity index (χ1n) is 10.4. The SMILES string of the molecule is Br.Br.CN(CCCCCCN(C)C(=O)[O-])C(=O)[O-].C[N+]1=CC(=O)CC=C1.C[N+]1=CC(=O)CC=C1. The first-order valence-corrected chi connectivity index (χ1v) is 10.4. The van der Waals surface area contributed by atoms with Crippen molar-refractivity contribution < 1.29 is 38.5 Å². The molecule has 0 saturated heterocycles. The van der Waals surface area contributed by atoms with Crippen LogP contribution < -0.4 is 10.2 Å². The molecular weight excluding hydrogens is 576 g/mol. The standard InChI is InChI=1S/C10H20N2O4.2C6H8NO.2BrH/c1-11(9(13)14)7-5-3-4-6-8-12(2)10(15)16;2*1-7-4-2-3-6(8)5-7;;/h3-8H2,1-2H3,(H,13,14)(H,15,16);2*2,4-5H,3H2,1H3;2*1H/q;2*+1;;/p-2. The fraction of sp³-hybridized carbons (Fsp3) is 0.545. The van der Waals surface area contributed by atoms with Gasteiger partial charge in [-0.2, -0.15) is 0 Å². The molecule has 2 rings (SSSR count). The van der Waals surface area contributed by atoms with Crippen LogP contribution in [-0.2, 0) is 9.59 Å². The smallest absolute Gasteiger partial charge is 0.222 e. The highest BCUT2D eigenvalue weighted by atomic mass is 79.9. The average molecular weight is 612 g/mol. The second-order valence-corrected chi connectivity index (χ2v) is 7.49. The number of unbranched alkanes of at least 4 members (excludes halogenated alkanes) is 3. The van der Waals surface area contributed by atoms with Crippen molar-refractivity contribution in [2.75, 3.05) is 41.3 Å². The molecule has 2 heterocycles. The summed E-state index contributed by atoms with van der Waals surface area (Å²) in [5, 5.41) is 20.6. The van der Waals surface area contributed by atoms with Crippen LogP contribution in [0.4, 0.5) is 9.59 Å². The van der Waals surface area contributed by atoms with E-state index in [9.17, 15) is 29.4 Å². The molecule has 0 fully saturated rings. The van der Waals surface area contributed by atoms with Gasteiger partial charge in [0.05, 0.1) is 0 Å². The van der Waals surface area contributed by atoms with Gasteiger partial charge in [-0.05, 0) is 25.0 Å². The van der Waals surface area contributed by atoms with Gasteiger partial charge in [0.25, 0.3) is 0 Å². The highest BCUT2D eigenvalue weighted by molar-refractivity contribution is 8.93. The quantitative estimate of drug-likeness (QED) is 0.307. The maximum Gasteiger partial charge on any atom is 0.222 e. The summed E-state index contributed by atoms with van der Waals surface area (Å²) < 4.78 is 3.51. The average Bonchev–Trinajstić information content (AvgIpc) is 2.70. The molecule has 0 unspecified atom stereocenters. The van der Waals surface area contributed by atoms with E-state index in [4.69, 9.17) is 0 Å². The van der Waals surface area contributed by atoms with Crippen LogP contribution in [0, 0.1) is 0 Å². The molecule has 0 bridgehead atoms. The summed E-state index contributed by atoms with van der Waals surface area (Å²) in [5.41, 5.74) is 0. The van der Waals surface area contributed by atoms with E-state index in [1.807, 2.05) is 38.6 Å². The first kappa shape index (κ1) is 36.2. The molecule has 10 nitrogen and oxygen atoms in total. The maximum absolute atomic E-state index is 10.5. The lowest BCUT2D eigenvalue weighted by atomic mass is 10.2. The molecule has 2 aliphatic rings. The summed E-state index contributed by atoms with van der Waals surface area (Å²) in [4.78, 5) is 44.0. The lowest BCUT2D eigenvalue weighted by molar-refractivity contribution is -0.417. The number of carboxylic acid groups (broad SMARTS) is 2. The van der Waals surface area contributed by atoms with Crippen molar-refractivity contribution in [1.29, 1.82) is 0 Å². The van der Waals surface area contributed by atoms with E-state index in [-0.39, 0.29) is 45.5 Å². The van der Waals surface area contributed by atoms with Gasteiger partial charge < -0.3 is 29.6 Å². The Morgan fingerprint density at radius 2 is 1.09 bits per heavy atom. The summed E-state index contributed by atoms with van der Waals surface area (Å²) in [5.74, 6) is 0.352. The van der Waals surface area contributed by atoms with Gasteiger partial charge in [-0.1, -0.05) is 12.8 Å². The molecule has 34 heavy (non-hydrogen) atoms. The van der Waals surface area contributed by atoms with Crippen molar-refractivity contribution in [1.82, 2.24) is 9.80 Å². The van der Waals surface area contributed by atoms with E-state index in [1.54, 1.807) is 21.6 Å². The third kappa shape index (κ3) is 20.3. The molecule has 0 aromatic heterocycles. The third-order valence-corrected chi connectivity index (χ3v) is 4.37. The topological polar surface area (TPSA) is 127 Å². The van der Waals surface area contributed by atoms with Gasteiger partial charge in [0.2, 0.25) is 24.0 Å². The lowest BCUT2D eigenvalue weighted by Gasteiger charge is -2.20. The Morgan fingerprint density at radius 1 is 0.765 bits per heavy atom. The monoisotopic (exact) mass is 610 g/mol. The summed E-state index contributed by atoms with van der Waals surface area (Å²) in [6.07, 6.45) is 12.7. The van der Waals surface area contributed by atoms with Crippen LogP contribution in [0.2, 0.25) is 0 Å². The van der Waals surface area contributed by atoms with Gasteiger partial charge in [0.15, 0.2) is 12.4 Å². The lowest BCUT2D eigenvalue weighted by Crippen LogP contribution is -2.39. The Labute approximate surface area is 222 Å². The van der Waals surface area contributed by atoms with Gasteiger partial charge in [0, 0.05) is 40.0 Å². The predicted molar refractivity (Wildman–Crippen MR) is 137 cm³/mol. The van der Waals surface area contributed by atoms with E-state index in [2.05, 4.69) is 0 Å². The predicted octanol–water partition coefficient (Wildman–Crippen LogP) is 0.625. The third-order valence-electron chi connectivity index (χ3n) is 4.37. The van der Waals surface area contributed by atoms with E-state index < -0.39 is 12.2 Å². The van der Waals surface area contributed by atoms with Crippen molar-refractivity contribution in [2.45, 2.75) is 38.5 Å². The molecule has 0 N–H and O–H groups in total. The number of rotatable bonds is 7. The molecule has 0 aliphatic carbocycles. The van der Waals surface area contributed by atoms with E-state index in [0.29, 0.717) is 25.9 Å². The Hall–Kier alpha value is -2.34. The number of ketones is 2. The number of halogens is 2. The van der Waals surface area contributed by atoms with E-state index in [1.165, 1.54) is 14.1 Å². The number of amides is 2. The van der Waals surface area contributed by atoms with E-state index >= 15 is 0 Å². The minimum Gasteiger partial charge on any atom is -0.530 e. The highest BCUT2D eigenvalue weighted by Crippen LogP contribution is 2.02. The van der Waals surface area contributed by atoms with Crippen molar-refractivity contribution in [3.05, 3.63) is 24.6 Å². The highest BCUT2D eigenvalue weighted by Gasteiger charge is 2.05. The fourth-order valence-electron chi connectivity index (χ4n) is 2.55. The van der Waals surface area contributed by atoms with Crippen LogP contribution in [0.1, 0.15) is 38.5 Å². The molecule has 0 aromatic carbocycles. The number of allylic oxidation sites excluding steroid dienone is 2. The molecule has 0 aromatic rings. The Morgan fingerprint density at radius 3 is 1.29 bits per heavy atom. The van der Waals surface area contributed by atoms with Gasteiger partial charge in [-0.3, -0.25) is 9.59 Å². The van der Waals surface area contributed by atoms with Crippen LogP contribution >= 0.6 is 34.0 Å². The van der Waals surface area contributed by atoms with Gasteiger partial charge >= 0.3 is 0 Å². The zero-order chi connectivity index (χ0) is 24.5.